The second kappa shape index (κ2) is 9.16. The van der Waals surface area contributed by atoms with E-state index in [1.165, 1.54) is 0 Å². The first-order valence-electron chi connectivity index (χ1n) is 9.27. The van der Waals surface area contributed by atoms with E-state index >= 15 is 0 Å². The number of aromatic nitrogens is 1. The summed E-state index contributed by atoms with van der Waals surface area (Å²) in [6.07, 6.45) is 4.96. The Bertz CT molecular complexity index is 754. The molecule has 1 aliphatic rings. The number of nitrogens with one attached hydrogen (secondary N) is 1. The van der Waals surface area contributed by atoms with Crippen LogP contribution in [0.2, 0.25) is 0 Å². The van der Waals surface area contributed by atoms with Gasteiger partial charge in [0.1, 0.15) is 5.75 Å². The van der Waals surface area contributed by atoms with Crippen LogP contribution in [0.25, 0.3) is 0 Å². The van der Waals surface area contributed by atoms with Crippen LogP contribution in [0.15, 0.2) is 48.8 Å². The minimum Gasteiger partial charge on any atom is -0.484 e. The molecule has 27 heavy (non-hydrogen) atoms. The van der Waals surface area contributed by atoms with Gasteiger partial charge in [-0.1, -0.05) is 17.7 Å². The van der Waals surface area contributed by atoms with Gasteiger partial charge in [0.05, 0.1) is 5.56 Å². The van der Waals surface area contributed by atoms with Crippen molar-refractivity contribution in [3.63, 3.8) is 0 Å². The van der Waals surface area contributed by atoms with Crippen molar-refractivity contribution >= 4 is 11.8 Å². The van der Waals surface area contributed by atoms with Crippen LogP contribution in [0, 0.1) is 12.8 Å². The van der Waals surface area contributed by atoms with Crippen molar-refractivity contribution in [1.29, 1.82) is 0 Å². The fourth-order valence-electron chi connectivity index (χ4n) is 3.09. The topological polar surface area (TPSA) is 71.5 Å². The molecular weight excluding hydrogens is 342 g/mol. The van der Waals surface area contributed by atoms with Crippen LogP contribution in [0.5, 0.6) is 5.75 Å². The number of carbonyl (C=O) groups excluding carboxylic acids is 2. The fraction of sp³-hybridized carbons (Fsp3) is 0.381. The van der Waals surface area contributed by atoms with Crippen molar-refractivity contribution in [2.75, 3.05) is 26.2 Å². The van der Waals surface area contributed by atoms with Gasteiger partial charge in [0.15, 0.2) is 6.61 Å². The third kappa shape index (κ3) is 5.54. The zero-order valence-electron chi connectivity index (χ0n) is 15.6. The highest BCUT2D eigenvalue weighted by Gasteiger charge is 2.23. The van der Waals surface area contributed by atoms with Crippen molar-refractivity contribution in [2.24, 2.45) is 5.92 Å². The smallest absolute Gasteiger partial charge is 0.260 e. The predicted octanol–water partition coefficient (Wildman–Crippen LogP) is 2.44. The van der Waals surface area contributed by atoms with Crippen LogP contribution < -0.4 is 10.1 Å². The van der Waals surface area contributed by atoms with Gasteiger partial charge in [0.25, 0.3) is 11.8 Å². The molecule has 3 rings (SSSR count). The minimum atomic E-state index is -0.104. The SMILES string of the molecule is Cc1ccc(OCC(=O)N2CCC(CNC(=O)c3cccnc3)CC2)cc1. The summed E-state index contributed by atoms with van der Waals surface area (Å²) in [5, 5.41) is 2.96. The average Bonchev–Trinajstić information content (AvgIpc) is 2.72. The summed E-state index contributed by atoms with van der Waals surface area (Å²) in [7, 11) is 0. The van der Waals surface area contributed by atoms with Gasteiger partial charge in [-0.25, -0.2) is 0 Å². The molecule has 1 aliphatic heterocycles. The van der Waals surface area contributed by atoms with Gasteiger partial charge in [-0.15, -0.1) is 0 Å². The van der Waals surface area contributed by atoms with Crippen LogP contribution in [-0.2, 0) is 4.79 Å². The van der Waals surface area contributed by atoms with E-state index in [-0.39, 0.29) is 18.4 Å². The standard InChI is InChI=1S/C21H25N3O3/c1-16-4-6-19(7-5-16)27-15-20(25)24-11-8-17(9-12-24)13-23-21(26)18-3-2-10-22-14-18/h2-7,10,14,17H,8-9,11-13,15H2,1H3,(H,23,26). The summed E-state index contributed by atoms with van der Waals surface area (Å²) in [5.41, 5.74) is 1.73. The molecule has 1 saturated heterocycles. The average molecular weight is 367 g/mol. The number of likely N-dealkylation sites (tertiary alicyclic amines) is 1. The highest BCUT2D eigenvalue weighted by Crippen LogP contribution is 2.17. The summed E-state index contributed by atoms with van der Waals surface area (Å²) >= 11 is 0. The molecule has 2 aromatic rings. The Morgan fingerprint density at radius 1 is 1.19 bits per heavy atom. The Morgan fingerprint density at radius 2 is 1.93 bits per heavy atom. The van der Waals surface area contributed by atoms with Crippen LogP contribution in [0.4, 0.5) is 0 Å². The van der Waals surface area contributed by atoms with Gasteiger partial charge < -0.3 is 15.0 Å². The lowest BCUT2D eigenvalue weighted by Gasteiger charge is -2.32. The number of piperidine rings is 1. The third-order valence-corrected chi connectivity index (χ3v) is 4.83. The van der Waals surface area contributed by atoms with Crippen molar-refractivity contribution in [1.82, 2.24) is 15.2 Å². The van der Waals surface area contributed by atoms with Crippen LogP contribution in [-0.4, -0.2) is 47.9 Å². The summed E-state index contributed by atoms with van der Waals surface area (Å²) in [6.45, 7) is 4.09. The Morgan fingerprint density at radius 3 is 2.59 bits per heavy atom. The fourth-order valence-corrected chi connectivity index (χ4v) is 3.09. The molecule has 0 radical (unpaired) electrons. The molecule has 0 bridgehead atoms. The molecule has 1 aromatic heterocycles. The molecular formula is C21H25N3O3. The number of pyridine rings is 1. The highest BCUT2D eigenvalue weighted by atomic mass is 16.5. The molecule has 6 nitrogen and oxygen atoms in total. The van der Waals surface area contributed by atoms with Crippen molar-refractivity contribution in [2.45, 2.75) is 19.8 Å². The molecule has 0 saturated carbocycles. The lowest BCUT2D eigenvalue weighted by molar-refractivity contribution is -0.134. The second-order valence-electron chi connectivity index (χ2n) is 6.88. The monoisotopic (exact) mass is 367 g/mol. The van der Waals surface area contributed by atoms with E-state index in [1.54, 1.807) is 24.5 Å². The zero-order chi connectivity index (χ0) is 19.1. The Kier molecular flexibility index (Phi) is 6.41. The van der Waals surface area contributed by atoms with Crippen molar-refractivity contribution in [3.05, 3.63) is 59.9 Å². The molecule has 1 fully saturated rings. The number of hydrogen-bond acceptors (Lipinski definition) is 4. The lowest BCUT2D eigenvalue weighted by atomic mass is 9.96. The van der Waals surface area contributed by atoms with Crippen LogP contribution >= 0.6 is 0 Å². The Labute approximate surface area is 159 Å². The number of carbonyl (C=O) groups is 2. The molecule has 1 N–H and O–H groups in total. The van der Waals surface area contributed by atoms with Gasteiger partial charge in [-0.05, 0) is 49.9 Å². The molecule has 1 aromatic carbocycles. The van der Waals surface area contributed by atoms with E-state index in [9.17, 15) is 9.59 Å². The maximum absolute atomic E-state index is 12.3. The highest BCUT2D eigenvalue weighted by molar-refractivity contribution is 5.93. The van der Waals surface area contributed by atoms with Crippen molar-refractivity contribution in [3.8, 4) is 5.75 Å². The van der Waals surface area contributed by atoms with E-state index in [4.69, 9.17) is 4.74 Å². The minimum absolute atomic E-state index is 0.00780. The molecule has 0 atom stereocenters. The molecule has 6 heteroatoms. The predicted molar refractivity (Wildman–Crippen MR) is 103 cm³/mol. The van der Waals surface area contributed by atoms with Crippen LogP contribution in [0.1, 0.15) is 28.8 Å². The van der Waals surface area contributed by atoms with Gasteiger partial charge in [-0.3, -0.25) is 14.6 Å². The molecule has 142 valence electrons. The number of benzene rings is 1. The number of aryl methyl sites for hydroxylation is 1. The number of ether oxygens (including phenoxy) is 1. The van der Waals surface area contributed by atoms with Gasteiger partial charge in [0, 0.05) is 32.0 Å². The Hall–Kier alpha value is -2.89. The third-order valence-electron chi connectivity index (χ3n) is 4.83. The first-order chi connectivity index (χ1) is 13.1. The van der Waals surface area contributed by atoms with E-state index < -0.39 is 0 Å². The first kappa shape index (κ1) is 18.9. The number of hydrogen-bond donors (Lipinski definition) is 1. The summed E-state index contributed by atoms with van der Waals surface area (Å²) < 4.78 is 5.58. The van der Waals surface area contributed by atoms with Gasteiger partial charge in [0.2, 0.25) is 0 Å². The summed E-state index contributed by atoms with van der Waals surface area (Å²) in [6, 6.07) is 11.2. The van der Waals surface area contributed by atoms with Crippen molar-refractivity contribution < 1.29 is 14.3 Å². The Balaban J connectivity index is 1.37. The first-order valence-corrected chi connectivity index (χ1v) is 9.27. The lowest BCUT2D eigenvalue weighted by Crippen LogP contribution is -2.43. The van der Waals surface area contributed by atoms with E-state index in [0.29, 0.717) is 36.9 Å². The van der Waals surface area contributed by atoms with E-state index in [0.717, 1.165) is 18.4 Å². The van der Waals surface area contributed by atoms with E-state index in [1.807, 2.05) is 36.1 Å². The number of rotatable bonds is 6. The largest absolute Gasteiger partial charge is 0.484 e. The molecule has 0 aliphatic carbocycles. The maximum atomic E-state index is 12.3. The second-order valence-corrected chi connectivity index (χ2v) is 6.88. The zero-order valence-corrected chi connectivity index (χ0v) is 15.6. The maximum Gasteiger partial charge on any atom is 0.260 e. The molecule has 2 heterocycles. The normalized spacial score (nSPS) is 14.6. The molecule has 0 unspecified atom stereocenters. The summed E-state index contributed by atoms with van der Waals surface area (Å²) in [5.74, 6) is 0.996. The van der Waals surface area contributed by atoms with Gasteiger partial charge in [-0.2, -0.15) is 0 Å². The van der Waals surface area contributed by atoms with Gasteiger partial charge >= 0.3 is 0 Å². The quantitative estimate of drug-likeness (QED) is 0.851. The van der Waals surface area contributed by atoms with E-state index in [2.05, 4.69) is 10.3 Å². The molecule has 0 spiro atoms. The number of nitrogens with zero attached hydrogens (tertiary/aromatic N) is 2. The van der Waals surface area contributed by atoms with Crippen LogP contribution in [0.3, 0.4) is 0 Å². The summed E-state index contributed by atoms with van der Waals surface area (Å²) in [4.78, 5) is 30.2. The molecule has 2 amide bonds. The number of amides is 2.